The van der Waals surface area contributed by atoms with Gasteiger partial charge in [0.05, 0.1) is 22.5 Å². The first kappa shape index (κ1) is 14.7. The van der Waals surface area contributed by atoms with E-state index < -0.39 is 12.4 Å². The topological polar surface area (TPSA) is 80.2 Å². The number of benzene rings is 1. The Morgan fingerprint density at radius 1 is 1.31 bits per heavy atom. The normalized spacial score (nSPS) is 17.0. The van der Waals surface area contributed by atoms with E-state index in [0.29, 0.717) is 32.1 Å². The Labute approximate surface area is 157 Å². The lowest BCUT2D eigenvalue weighted by atomic mass is 10.1. The van der Waals surface area contributed by atoms with E-state index in [1.807, 2.05) is 25.1 Å². The van der Waals surface area contributed by atoms with Crippen LogP contribution in [0.25, 0.3) is 21.3 Å². The number of fused-ring (bicyclic) bond motifs is 1. The molecule has 0 spiro atoms. The summed E-state index contributed by atoms with van der Waals surface area (Å²) in [5, 5.41) is 14.3. The third kappa shape index (κ3) is 3.87. The zero-order chi connectivity index (χ0) is 19.7. The maximum absolute atomic E-state index is 12.5. The minimum absolute atomic E-state index is 0.306. The van der Waals surface area contributed by atoms with Crippen LogP contribution in [0.4, 0.5) is 5.82 Å². The number of aryl methyl sites for hydroxylation is 1. The molecule has 1 aromatic carbocycles. The average molecular weight is 371 g/mol. The maximum atomic E-state index is 12.5. The molecule has 0 saturated carbocycles. The average Bonchev–Trinajstić information content (AvgIpc) is 3.14. The van der Waals surface area contributed by atoms with Crippen molar-refractivity contribution in [1.29, 1.82) is 0 Å². The van der Waals surface area contributed by atoms with Gasteiger partial charge in [-0.05, 0) is 24.4 Å². The lowest BCUT2D eigenvalue weighted by Gasteiger charge is -2.25. The van der Waals surface area contributed by atoms with E-state index in [1.54, 1.807) is 12.3 Å². The van der Waals surface area contributed by atoms with E-state index in [2.05, 4.69) is 20.5 Å². The fourth-order valence-corrected chi connectivity index (χ4v) is 3.41. The van der Waals surface area contributed by atoms with Crippen molar-refractivity contribution in [1.82, 2.24) is 20.1 Å². The summed E-state index contributed by atoms with van der Waals surface area (Å²) < 4.78 is 21.6. The predicted octanol–water partition coefficient (Wildman–Crippen LogP) is 2.33. The van der Waals surface area contributed by atoms with Gasteiger partial charge in [-0.25, -0.2) is 4.98 Å². The van der Waals surface area contributed by atoms with Crippen molar-refractivity contribution in [2.75, 3.05) is 38.1 Å². The van der Waals surface area contributed by atoms with E-state index in [1.165, 1.54) is 16.2 Å². The molecule has 0 aliphatic carbocycles. The van der Waals surface area contributed by atoms with Gasteiger partial charge < -0.3 is 10.1 Å². The molecule has 1 N–H and O–H groups in total. The highest BCUT2D eigenvalue weighted by Gasteiger charge is 2.14. The third-order valence-corrected chi connectivity index (χ3v) is 4.89. The summed E-state index contributed by atoms with van der Waals surface area (Å²) in [7, 11) is 0. The number of carbonyl (C=O) groups is 1. The van der Waals surface area contributed by atoms with Crippen LogP contribution in [0.5, 0.6) is 0 Å². The Morgan fingerprint density at radius 2 is 2.15 bits per heavy atom. The number of nitrogens with zero attached hydrogens (tertiary/aromatic N) is 4. The van der Waals surface area contributed by atoms with Gasteiger partial charge in [0.25, 0.3) is 0 Å². The van der Waals surface area contributed by atoms with Gasteiger partial charge in [-0.1, -0.05) is 23.5 Å². The largest absolute Gasteiger partial charge is 0.379 e. The van der Waals surface area contributed by atoms with Crippen molar-refractivity contribution in [3.63, 3.8) is 0 Å². The number of carbonyl (C=O) groups excluding carboxylic acids is 1. The zero-order valence-electron chi connectivity index (χ0n) is 16.2. The molecule has 3 aromatic rings. The summed E-state index contributed by atoms with van der Waals surface area (Å²) in [6, 6.07) is 7.59. The van der Waals surface area contributed by atoms with Crippen LogP contribution in [0.2, 0.25) is 0 Å². The second kappa shape index (κ2) is 7.45. The van der Waals surface area contributed by atoms with E-state index >= 15 is 0 Å². The number of aromatic nitrogens is 3. The summed E-state index contributed by atoms with van der Waals surface area (Å²) in [5.41, 5.74) is 0.935. The molecule has 1 saturated heterocycles. The van der Waals surface area contributed by atoms with Gasteiger partial charge in [0.2, 0.25) is 5.91 Å². The highest BCUT2D eigenvalue weighted by Crippen LogP contribution is 2.27. The van der Waals surface area contributed by atoms with Crippen molar-refractivity contribution in [2.45, 2.75) is 6.92 Å². The summed E-state index contributed by atoms with van der Waals surface area (Å²) in [4.78, 5) is 18.3. The van der Waals surface area contributed by atoms with Crippen LogP contribution in [-0.4, -0.2) is 58.8 Å². The molecule has 0 atom stereocenters. The standard InChI is InChI=1S/C18H19N5O2S/c1-12-21-22-18(26-12)13-2-3-14-10-19-16(9-15(14)8-13)20-17(24)11-23-4-6-25-7-5-23/h2-3,8-10H,4-7,11H2,1H3,(H,19,20,24)/i11D2. The van der Waals surface area contributed by atoms with E-state index in [-0.39, 0.29) is 0 Å². The fourth-order valence-electron chi connectivity index (χ4n) is 2.72. The molecule has 1 fully saturated rings. The summed E-state index contributed by atoms with van der Waals surface area (Å²) in [6.45, 7) is 1.34. The number of nitrogens with one attached hydrogen (secondary N) is 1. The Balaban J connectivity index is 1.57. The van der Waals surface area contributed by atoms with Crippen molar-refractivity contribution in [2.24, 2.45) is 0 Å². The van der Waals surface area contributed by atoms with Crippen LogP contribution in [0.1, 0.15) is 7.75 Å². The molecule has 7 nitrogen and oxygen atoms in total. The summed E-state index contributed by atoms with van der Waals surface area (Å²) in [6.07, 6.45) is 1.66. The highest BCUT2D eigenvalue weighted by atomic mass is 32.1. The monoisotopic (exact) mass is 371 g/mol. The van der Waals surface area contributed by atoms with Crippen LogP contribution < -0.4 is 5.32 Å². The van der Waals surface area contributed by atoms with Crippen molar-refractivity contribution >= 4 is 33.8 Å². The lowest BCUT2D eigenvalue weighted by molar-refractivity contribution is -0.118. The van der Waals surface area contributed by atoms with E-state index in [9.17, 15) is 4.79 Å². The summed E-state index contributed by atoms with van der Waals surface area (Å²) in [5.74, 6) is -0.433. The highest BCUT2D eigenvalue weighted by molar-refractivity contribution is 7.14. The molecule has 134 valence electrons. The quantitative estimate of drug-likeness (QED) is 0.758. The molecular formula is C18H19N5O2S. The number of pyridine rings is 1. The molecule has 2 aromatic heterocycles. The Bertz CT molecular complexity index is 1020. The maximum Gasteiger partial charge on any atom is 0.239 e. The van der Waals surface area contributed by atoms with Gasteiger partial charge in [-0.3, -0.25) is 9.69 Å². The Morgan fingerprint density at radius 3 is 2.92 bits per heavy atom. The second-order valence-electron chi connectivity index (χ2n) is 5.92. The minimum atomic E-state index is -2.13. The molecule has 3 heterocycles. The molecule has 4 rings (SSSR count). The number of ether oxygens (including phenoxy) is 1. The first-order valence-corrected chi connectivity index (χ1v) is 9.10. The second-order valence-corrected chi connectivity index (χ2v) is 7.10. The number of anilines is 1. The van der Waals surface area contributed by atoms with Crippen molar-refractivity contribution < 1.29 is 12.3 Å². The van der Waals surface area contributed by atoms with E-state index in [0.717, 1.165) is 26.4 Å². The Kier molecular flexibility index (Phi) is 4.22. The first-order chi connectivity index (χ1) is 13.4. The Hall–Kier alpha value is -2.42. The zero-order valence-corrected chi connectivity index (χ0v) is 15.0. The fraction of sp³-hybridized carbons (Fsp3) is 0.333. The molecule has 0 radical (unpaired) electrons. The SMILES string of the molecule is [2H]C([2H])(C(=O)Nc1cc2cc(-c3nnc(C)s3)ccc2cn1)N1CCOCC1. The number of rotatable bonds is 4. The molecule has 8 heteroatoms. The number of hydrogen-bond donors (Lipinski definition) is 1. The van der Waals surface area contributed by atoms with Crippen molar-refractivity contribution in [3.05, 3.63) is 35.5 Å². The van der Waals surface area contributed by atoms with Gasteiger partial charge in [0, 0.05) is 30.2 Å². The molecule has 1 amide bonds. The lowest BCUT2D eigenvalue weighted by Crippen LogP contribution is -2.41. The smallest absolute Gasteiger partial charge is 0.239 e. The van der Waals surface area contributed by atoms with Gasteiger partial charge in [-0.15, -0.1) is 10.2 Å². The number of morpholine rings is 1. The van der Waals surface area contributed by atoms with Gasteiger partial charge in [0.15, 0.2) is 0 Å². The van der Waals surface area contributed by atoms with Crippen LogP contribution in [-0.2, 0) is 9.53 Å². The first-order valence-electron chi connectivity index (χ1n) is 9.28. The summed E-state index contributed by atoms with van der Waals surface area (Å²) >= 11 is 1.51. The molecule has 26 heavy (non-hydrogen) atoms. The predicted molar refractivity (Wildman–Crippen MR) is 101 cm³/mol. The van der Waals surface area contributed by atoms with Crippen LogP contribution >= 0.6 is 11.3 Å². The van der Waals surface area contributed by atoms with Gasteiger partial charge >= 0.3 is 0 Å². The van der Waals surface area contributed by atoms with E-state index in [4.69, 9.17) is 7.48 Å². The minimum Gasteiger partial charge on any atom is -0.379 e. The van der Waals surface area contributed by atoms with Crippen molar-refractivity contribution in [3.8, 4) is 10.6 Å². The molecule has 0 unspecified atom stereocenters. The van der Waals surface area contributed by atoms with Gasteiger partial charge in [0.1, 0.15) is 15.8 Å². The third-order valence-electron chi connectivity index (χ3n) is 4.01. The molecule has 1 aliphatic heterocycles. The van der Waals surface area contributed by atoms with Crippen LogP contribution in [0.3, 0.4) is 0 Å². The molecular weight excluding hydrogens is 350 g/mol. The molecule has 0 bridgehead atoms. The van der Waals surface area contributed by atoms with Crippen LogP contribution in [0.15, 0.2) is 30.5 Å². The number of hydrogen-bond acceptors (Lipinski definition) is 7. The van der Waals surface area contributed by atoms with Gasteiger partial charge in [-0.2, -0.15) is 0 Å². The number of amides is 1. The molecule has 1 aliphatic rings. The van der Waals surface area contributed by atoms with Crippen LogP contribution in [0, 0.1) is 6.92 Å².